The van der Waals surface area contributed by atoms with Crippen molar-refractivity contribution in [3.8, 4) is 11.8 Å². The van der Waals surface area contributed by atoms with Crippen molar-refractivity contribution in [2.45, 2.75) is 6.92 Å². The van der Waals surface area contributed by atoms with Crippen LogP contribution in [0.2, 0.25) is 5.02 Å². The maximum absolute atomic E-state index is 5.96. The van der Waals surface area contributed by atoms with Crippen molar-refractivity contribution in [1.82, 2.24) is 0 Å². The van der Waals surface area contributed by atoms with Gasteiger partial charge in [-0.1, -0.05) is 53.8 Å². The van der Waals surface area contributed by atoms with Crippen LogP contribution in [0.5, 0.6) is 0 Å². The predicted octanol–water partition coefficient (Wildman–Crippen LogP) is 5.20. The lowest BCUT2D eigenvalue weighted by molar-refractivity contribution is 1.52. The summed E-state index contributed by atoms with van der Waals surface area (Å²) >= 11 is 5.96. The van der Waals surface area contributed by atoms with Gasteiger partial charge in [-0.3, -0.25) is 0 Å². The second kappa shape index (κ2) is 5.41. The van der Waals surface area contributed by atoms with Gasteiger partial charge in [0.15, 0.2) is 0 Å². The number of fused-ring (bicyclic) bond motifs is 1. The van der Waals surface area contributed by atoms with Crippen LogP contribution in [0.1, 0.15) is 16.7 Å². The highest BCUT2D eigenvalue weighted by Crippen LogP contribution is 2.19. The average molecular weight is 277 g/mol. The predicted molar refractivity (Wildman–Crippen MR) is 86.1 cm³/mol. The molecule has 0 aromatic heterocycles. The molecule has 0 nitrogen and oxygen atoms in total. The molecule has 3 aromatic carbocycles. The Bertz CT molecular complexity index is 835. The molecule has 0 spiro atoms. The van der Waals surface area contributed by atoms with Crippen molar-refractivity contribution in [2.75, 3.05) is 0 Å². The van der Waals surface area contributed by atoms with E-state index in [0.717, 1.165) is 11.1 Å². The second-order valence-electron chi connectivity index (χ2n) is 4.77. The molecule has 0 amide bonds. The van der Waals surface area contributed by atoms with E-state index < -0.39 is 0 Å². The Hall–Kier alpha value is -2.23. The fourth-order valence-electron chi connectivity index (χ4n) is 2.22. The van der Waals surface area contributed by atoms with E-state index in [1.807, 2.05) is 24.3 Å². The van der Waals surface area contributed by atoms with Crippen LogP contribution < -0.4 is 0 Å². The molecule has 3 rings (SSSR count). The summed E-state index contributed by atoms with van der Waals surface area (Å²) in [6.07, 6.45) is 0. The summed E-state index contributed by atoms with van der Waals surface area (Å²) in [7, 11) is 0. The highest BCUT2D eigenvalue weighted by Gasteiger charge is 1.97. The minimum Gasteiger partial charge on any atom is -0.0843 e. The number of rotatable bonds is 0. The van der Waals surface area contributed by atoms with Crippen molar-refractivity contribution < 1.29 is 0 Å². The van der Waals surface area contributed by atoms with Crippen LogP contribution in [0.3, 0.4) is 0 Å². The van der Waals surface area contributed by atoms with E-state index in [4.69, 9.17) is 11.6 Å². The van der Waals surface area contributed by atoms with Gasteiger partial charge in [0, 0.05) is 16.1 Å². The van der Waals surface area contributed by atoms with Gasteiger partial charge in [-0.2, -0.15) is 0 Å². The molecule has 0 bridgehead atoms. The molecule has 0 saturated heterocycles. The van der Waals surface area contributed by atoms with Gasteiger partial charge in [0.05, 0.1) is 0 Å². The smallest absolute Gasteiger partial charge is 0.0418 e. The average Bonchev–Trinajstić information content (AvgIpc) is 2.46. The van der Waals surface area contributed by atoms with Crippen LogP contribution in [-0.2, 0) is 0 Å². The summed E-state index contributed by atoms with van der Waals surface area (Å²) in [5.74, 6) is 6.35. The lowest BCUT2D eigenvalue weighted by atomic mass is 10.0. The van der Waals surface area contributed by atoms with Gasteiger partial charge >= 0.3 is 0 Å². The van der Waals surface area contributed by atoms with Gasteiger partial charge < -0.3 is 0 Å². The molecule has 20 heavy (non-hydrogen) atoms. The van der Waals surface area contributed by atoms with Crippen LogP contribution in [0.25, 0.3) is 10.8 Å². The summed E-state index contributed by atoms with van der Waals surface area (Å²) in [5, 5.41) is 3.22. The molecule has 1 heteroatoms. The Morgan fingerprint density at radius 2 is 1.55 bits per heavy atom. The summed E-state index contributed by atoms with van der Waals surface area (Å²) < 4.78 is 0. The molecule has 96 valence electrons. The lowest BCUT2D eigenvalue weighted by Gasteiger charge is -2.01. The molecule has 0 saturated carbocycles. The summed E-state index contributed by atoms with van der Waals surface area (Å²) in [6, 6.07) is 20.2. The molecule has 3 aromatic rings. The molecule has 0 heterocycles. The third-order valence-electron chi connectivity index (χ3n) is 3.28. The number of hydrogen-bond acceptors (Lipinski definition) is 0. The standard InChI is InChI=1S/C19H13Cl/c1-14-4-2-6-17-11-10-16(13-19(14)17)9-8-15-5-3-7-18(20)12-15/h2-7,10-13H,1H3. The lowest BCUT2D eigenvalue weighted by Crippen LogP contribution is -1.81. The van der Waals surface area contributed by atoms with Gasteiger partial charge in [0.2, 0.25) is 0 Å². The molecule has 0 aliphatic rings. The van der Waals surface area contributed by atoms with Gasteiger partial charge in [-0.05, 0) is 53.6 Å². The Kier molecular flexibility index (Phi) is 3.46. The summed E-state index contributed by atoms with van der Waals surface area (Å²) in [5.41, 5.74) is 3.23. The molecule has 0 aliphatic carbocycles. The number of aryl methyl sites for hydroxylation is 1. The summed E-state index contributed by atoms with van der Waals surface area (Å²) in [4.78, 5) is 0. The fraction of sp³-hybridized carbons (Fsp3) is 0.0526. The molecule has 0 fully saturated rings. The minimum absolute atomic E-state index is 0.714. The Morgan fingerprint density at radius 1 is 0.800 bits per heavy atom. The van der Waals surface area contributed by atoms with E-state index in [9.17, 15) is 0 Å². The van der Waals surface area contributed by atoms with E-state index in [1.54, 1.807) is 0 Å². The maximum atomic E-state index is 5.96. The quantitative estimate of drug-likeness (QED) is 0.495. The van der Waals surface area contributed by atoms with E-state index in [1.165, 1.54) is 16.3 Å². The molecule has 0 N–H and O–H groups in total. The molecular weight excluding hydrogens is 264 g/mol. The Morgan fingerprint density at radius 3 is 2.35 bits per heavy atom. The van der Waals surface area contributed by atoms with Gasteiger partial charge in [0.25, 0.3) is 0 Å². The second-order valence-corrected chi connectivity index (χ2v) is 5.21. The summed E-state index contributed by atoms with van der Waals surface area (Å²) in [6.45, 7) is 2.12. The Labute approximate surface area is 124 Å². The van der Waals surface area contributed by atoms with Crippen LogP contribution in [0.4, 0.5) is 0 Å². The number of hydrogen-bond donors (Lipinski definition) is 0. The van der Waals surface area contributed by atoms with E-state index >= 15 is 0 Å². The van der Waals surface area contributed by atoms with E-state index in [0.29, 0.717) is 5.02 Å². The van der Waals surface area contributed by atoms with Crippen molar-refractivity contribution in [2.24, 2.45) is 0 Å². The third-order valence-corrected chi connectivity index (χ3v) is 3.51. The van der Waals surface area contributed by atoms with Crippen LogP contribution in [-0.4, -0.2) is 0 Å². The molecule has 0 unspecified atom stereocenters. The maximum Gasteiger partial charge on any atom is 0.0418 e. The molecular formula is C19H13Cl. The molecule has 0 radical (unpaired) electrons. The first-order chi connectivity index (χ1) is 9.72. The van der Waals surface area contributed by atoms with Crippen LogP contribution >= 0.6 is 11.6 Å². The first-order valence-corrected chi connectivity index (χ1v) is 6.87. The van der Waals surface area contributed by atoms with Crippen molar-refractivity contribution in [3.05, 3.63) is 82.4 Å². The topological polar surface area (TPSA) is 0 Å². The van der Waals surface area contributed by atoms with Crippen LogP contribution in [0.15, 0.2) is 60.7 Å². The number of benzene rings is 3. The monoisotopic (exact) mass is 276 g/mol. The number of halogens is 1. The van der Waals surface area contributed by atoms with Crippen molar-refractivity contribution >= 4 is 22.4 Å². The molecule has 0 atom stereocenters. The van der Waals surface area contributed by atoms with Gasteiger partial charge in [0.1, 0.15) is 0 Å². The first-order valence-electron chi connectivity index (χ1n) is 6.49. The SMILES string of the molecule is Cc1cccc2ccc(C#Cc3cccc(Cl)c3)cc12. The normalized spacial score (nSPS) is 10.1. The zero-order valence-corrected chi connectivity index (χ0v) is 11.9. The molecule has 0 aliphatic heterocycles. The third kappa shape index (κ3) is 2.69. The minimum atomic E-state index is 0.714. The van der Waals surface area contributed by atoms with Crippen LogP contribution in [0, 0.1) is 18.8 Å². The van der Waals surface area contributed by atoms with Gasteiger partial charge in [-0.25, -0.2) is 0 Å². The van der Waals surface area contributed by atoms with E-state index in [2.05, 4.69) is 55.2 Å². The van der Waals surface area contributed by atoms with Crippen molar-refractivity contribution in [1.29, 1.82) is 0 Å². The zero-order chi connectivity index (χ0) is 13.9. The van der Waals surface area contributed by atoms with E-state index in [-0.39, 0.29) is 0 Å². The van der Waals surface area contributed by atoms with Gasteiger partial charge in [-0.15, -0.1) is 0 Å². The highest BCUT2D eigenvalue weighted by molar-refractivity contribution is 6.30. The first kappa shape index (κ1) is 12.8. The Balaban J connectivity index is 2.02. The highest BCUT2D eigenvalue weighted by atomic mass is 35.5. The zero-order valence-electron chi connectivity index (χ0n) is 11.2. The largest absolute Gasteiger partial charge is 0.0843 e. The van der Waals surface area contributed by atoms with Crippen molar-refractivity contribution in [3.63, 3.8) is 0 Å². The fourth-order valence-corrected chi connectivity index (χ4v) is 2.41.